The van der Waals surface area contributed by atoms with Crippen molar-refractivity contribution in [3.63, 3.8) is 0 Å². The van der Waals surface area contributed by atoms with Crippen LogP contribution in [0.25, 0.3) is 0 Å². The normalized spacial score (nSPS) is 13.5. The smallest absolute Gasteiger partial charge is 0.191 e. The van der Waals surface area contributed by atoms with Crippen molar-refractivity contribution < 1.29 is 4.52 Å². The Labute approximate surface area is 135 Å². The van der Waals surface area contributed by atoms with Crippen molar-refractivity contribution in [2.75, 3.05) is 13.6 Å². The molecule has 1 aromatic rings. The molecule has 0 aliphatic rings. The molecule has 1 atom stereocenters. The van der Waals surface area contributed by atoms with E-state index in [-0.39, 0.29) is 0 Å². The molecule has 0 amide bonds. The van der Waals surface area contributed by atoms with Gasteiger partial charge >= 0.3 is 0 Å². The molecule has 0 saturated carbocycles. The quantitative estimate of drug-likeness (QED) is 0.572. The van der Waals surface area contributed by atoms with Crippen molar-refractivity contribution in [2.45, 2.75) is 66.3 Å². The lowest BCUT2D eigenvalue weighted by molar-refractivity contribution is 0.392. The number of nitrogens with zero attached hydrogens (tertiary/aromatic N) is 2. The van der Waals surface area contributed by atoms with E-state index >= 15 is 0 Å². The average Bonchev–Trinajstić information content (AvgIpc) is 2.77. The van der Waals surface area contributed by atoms with Gasteiger partial charge < -0.3 is 15.2 Å². The molecule has 126 valence electrons. The van der Waals surface area contributed by atoms with Gasteiger partial charge in [-0.2, -0.15) is 0 Å². The molecule has 0 spiro atoms. The molecule has 0 fully saturated rings. The van der Waals surface area contributed by atoms with Crippen LogP contribution in [0.15, 0.2) is 9.52 Å². The van der Waals surface area contributed by atoms with E-state index in [1.165, 1.54) is 24.8 Å². The number of hydrogen-bond acceptors (Lipinski definition) is 3. The maximum Gasteiger partial charge on any atom is 0.191 e. The molecule has 0 aliphatic carbocycles. The lowest BCUT2D eigenvalue weighted by Gasteiger charge is -2.18. The van der Waals surface area contributed by atoms with Crippen molar-refractivity contribution >= 4 is 5.96 Å². The molecule has 1 heterocycles. The van der Waals surface area contributed by atoms with E-state index in [1.54, 1.807) is 0 Å². The second kappa shape index (κ2) is 9.49. The lowest BCUT2D eigenvalue weighted by Crippen LogP contribution is -2.42. The second-order valence-corrected chi connectivity index (χ2v) is 6.42. The molecular weight excluding hydrogens is 276 g/mol. The van der Waals surface area contributed by atoms with Crippen LogP contribution in [0, 0.1) is 19.8 Å². The molecule has 0 saturated heterocycles. The fraction of sp³-hybridized carbons (Fsp3) is 0.765. The first-order chi connectivity index (χ1) is 10.4. The zero-order chi connectivity index (χ0) is 16.5. The van der Waals surface area contributed by atoms with Gasteiger partial charge in [0.2, 0.25) is 0 Å². The molecule has 0 bridgehead atoms. The van der Waals surface area contributed by atoms with Gasteiger partial charge in [-0.05, 0) is 39.5 Å². The number of aliphatic imine (C=N–C) groups is 1. The minimum atomic E-state index is 0.434. The summed E-state index contributed by atoms with van der Waals surface area (Å²) in [6, 6.07) is 0.434. The Bertz CT molecular complexity index is 446. The summed E-state index contributed by atoms with van der Waals surface area (Å²) < 4.78 is 5.18. The maximum absolute atomic E-state index is 5.18. The van der Waals surface area contributed by atoms with Crippen molar-refractivity contribution in [1.29, 1.82) is 0 Å². The maximum atomic E-state index is 5.18. The van der Waals surface area contributed by atoms with Gasteiger partial charge in [-0.1, -0.05) is 31.8 Å². The van der Waals surface area contributed by atoms with Crippen LogP contribution in [0.1, 0.15) is 57.1 Å². The highest BCUT2D eigenvalue weighted by molar-refractivity contribution is 5.79. The summed E-state index contributed by atoms with van der Waals surface area (Å²) in [5.74, 6) is 2.55. The molecule has 1 rings (SSSR count). The highest BCUT2D eigenvalue weighted by atomic mass is 16.5. The molecule has 1 unspecified atom stereocenters. The summed E-state index contributed by atoms with van der Waals surface area (Å²) in [6.07, 6.45) is 4.60. The van der Waals surface area contributed by atoms with Crippen LogP contribution in [0.5, 0.6) is 0 Å². The van der Waals surface area contributed by atoms with Crippen LogP contribution in [0.3, 0.4) is 0 Å². The van der Waals surface area contributed by atoms with Crippen molar-refractivity contribution in [3.8, 4) is 0 Å². The third kappa shape index (κ3) is 6.50. The zero-order valence-corrected chi connectivity index (χ0v) is 15.0. The summed E-state index contributed by atoms with van der Waals surface area (Å²) in [5.41, 5.74) is 2.16. The fourth-order valence-electron chi connectivity index (χ4n) is 2.50. The predicted octanol–water partition coefficient (Wildman–Crippen LogP) is 3.21. The number of hydrogen-bond donors (Lipinski definition) is 2. The summed E-state index contributed by atoms with van der Waals surface area (Å²) >= 11 is 0. The molecule has 1 aromatic heterocycles. The number of aryl methyl sites for hydroxylation is 2. The minimum absolute atomic E-state index is 0.434. The number of rotatable bonds is 8. The number of guanidine groups is 1. The SMILES string of the molecule is CN=C(NCCc1c(C)noc1C)NC(C)CCCC(C)C. The monoisotopic (exact) mass is 308 g/mol. The molecule has 5 nitrogen and oxygen atoms in total. The Morgan fingerprint density at radius 1 is 1.23 bits per heavy atom. The molecule has 0 aliphatic heterocycles. The predicted molar refractivity (Wildman–Crippen MR) is 92.3 cm³/mol. The highest BCUT2D eigenvalue weighted by Gasteiger charge is 2.09. The van der Waals surface area contributed by atoms with E-state index in [0.29, 0.717) is 6.04 Å². The first-order valence-electron chi connectivity index (χ1n) is 8.33. The van der Waals surface area contributed by atoms with E-state index in [2.05, 4.69) is 41.6 Å². The van der Waals surface area contributed by atoms with E-state index < -0.39 is 0 Å². The van der Waals surface area contributed by atoms with Gasteiger partial charge in [-0.3, -0.25) is 4.99 Å². The molecule has 22 heavy (non-hydrogen) atoms. The van der Waals surface area contributed by atoms with E-state index in [4.69, 9.17) is 4.52 Å². The third-order valence-corrected chi connectivity index (χ3v) is 3.87. The van der Waals surface area contributed by atoms with Crippen molar-refractivity contribution in [1.82, 2.24) is 15.8 Å². The summed E-state index contributed by atoms with van der Waals surface area (Å²) in [5, 5.41) is 10.8. The minimum Gasteiger partial charge on any atom is -0.361 e. The topological polar surface area (TPSA) is 62.5 Å². The lowest BCUT2D eigenvalue weighted by atomic mass is 10.0. The Kier molecular flexibility index (Phi) is 7.99. The van der Waals surface area contributed by atoms with Crippen LogP contribution >= 0.6 is 0 Å². The van der Waals surface area contributed by atoms with Crippen molar-refractivity contribution in [2.24, 2.45) is 10.9 Å². The van der Waals surface area contributed by atoms with E-state index in [0.717, 1.165) is 36.3 Å². The zero-order valence-electron chi connectivity index (χ0n) is 15.0. The molecule has 0 aromatic carbocycles. The fourth-order valence-corrected chi connectivity index (χ4v) is 2.50. The van der Waals surface area contributed by atoms with Gasteiger partial charge in [0.25, 0.3) is 0 Å². The average molecular weight is 308 g/mol. The largest absolute Gasteiger partial charge is 0.361 e. The van der Waals surface area contributed by atoms with E-state index in [1.807, 2.05) is 20.9 Å². The van der Waals surface area contributed by atoms with Gasteiger partial charge in [-0.15, -0.1) is 0 Å². The summed E-state index contributed by atoms with van der Waals surface area (Å²) in [7, 11) is 1.81. The number of aromatic nitrogens is 1. The first-order valence-corrected chi connectivity index (χ1v) is 8.33. The van der Waals surface area contributed by atoms with Crippen LogP contribution in [0.4, 0.5) is 0 Å². The van der Waals surface area contributed by atoms with Crippen LogP contribution in [-0.2, 0) is 6.42 Å². The van der Waals surface area contributed by atoms with Gasteiger partial charge in [-0.25, -0.2) is 0 Å². The van der Waals surface area contributed by atoms with Crippen molar-refractivity contribution in [3.05, 3.63) is 17.0 Å². The summed E-state index contributed by atoms with van der Waals surface area (Å²) in [6.45, 7) is 11.5. The second-order valence-electron chi connectivity index (χ2n) is 6.42. The summed E-state index contributed by atoms with van der Waals surface area (Å²) in [4.78, 5) is 4.29. The van der Waals surface area contributed by atoms with Gasteiger partial charge in [0.05, 0.1) is 5.69 Å². The number of nitrogens with one attached hydrogen (secondary N) is 2. The Morgan fingerprint density at radius 3 is 2.50 bits per heavy atom. The van der Waals surface area contributed by atoms with Crippen LogP contribution in [-0.4, -0.2) is 30.8 Å². The van der Waals surface area contributed by atoms with E-state index in [9.17, 15) is 0 Å². The van der Waals surface area contributed by atoms with Crippen LogP contribution in [0.2, 0.25) is 0 Å². The Balaban J connectivity index is 2.30. The molecule has 2 N–H and O–H groups in total. The highest BCUT2D eigenvalue weighted by Crippen LogP contribution is 2.12. The molecule has 5 heteroatoms. The van der Waals surface area contributed by atoms with Crippen LogP contribution < -0.4 is 10.6 Å². The Hall–Kier alpha value is -1.52. The standard InChI is InChI=1S/C17H32N4O/c1-12(2)8-7-9-13(3)20-17(18-6)19-11-10-16-14(4)21-22-15(16)5/h12-13H,7-11H2,1-6H3,(H2,18,19,20). The van der Waals surface area contributed by atoms with Gasteiger partial charge in [0.1, 0.15) is 5.76 Å². The third-order valence-electron chi connectivity index (χ3n) is 3.87. The first kappa shape index (κ1) is 18.5. The van der Waals surface area contributed by atoms with Gasteiger partial charge in [0, 0.05) is 25.2 Å². The molecule has 0 radical (unpaired) electrons. The molecular formula is C17H32N4O. The van der Waals surface area contributed by atoms with Gasteiger partial charge in [0.15, 0.2) is 5.96 Å². The Morgan fingerprint density at radius 2 is 1.95 bits per heavy atom.